The van der Waals surface area contributed by atoms with E-state index in [2.05, 4.69) is 36.4 Å². The number of hydrogen-bond acceptors (Lipinski definition) is 1. The normalized spacial score (nSPS) is 10.2. The molecule has 0 bridgehead atoms. The van der Waals surface area contributed by atoms with Crippen molar-refractivity contribution in [1.82, 2.24) is 0 Å². The molecular weight excluding hydrogens is 218 g/mol. The molecule has 0 aromatic heterocycles. The van der Waals surface area contributed by atoms with Crippen molar-refractivity contribution >= 4 is 10.8 Å². The van der Waals surface area contributed by atoms with Crippen LogP contribution in [0.25, 0.3) is 21.9 Å². The molecule has 0 aliphatic carbocycles. The van der Waals surface area contributed by atoms with Gasteiger partial charge in [0.25, 0.3) is 0 Å². The van der Waals surface area contributed by atoms with Gasteiger partial charge in [-0.15, -0.1) is 0 Å². The zero-order valence-corrected chi connectivity index (χ0v) is 9.80. The second-order valence-electron chi connectivity index (χ2n) is 4.22. The molecule has 1 heteroatoms. The van der Waals surface area contributed by atoms with Crippen LogP contribution in [0, 0.1) is 11.3 Å². The molecule has 0 N–H and O–H groups in total. The third-order valence-corrected chi connectivity index (χ3v) is 3.09. The molecule has 0 saturated heterocycles. The van der Waals surface area contributed by atoms with E-state index < -0.39 is 0 Å². The molecule has 3 rings (SSSR count). The van der Waals surface area contributed by atoms with Crippen molar-refractivity contribution in [2.45, 2.75) is 0 Å². The molecule has 18 heavy (non-hydrogen) atoms. The average molecular weight is 229 g/mol. The molecule has 0 aliphatic rings. The minimum atomic E-state index is 0.695. The molecule has 0 unspecified atom stereocenters. The van der Waals surface area contributed by atoms with Gasteiger partial charge in [-0.3, -0.25) is 0 Å². The Morgan fingerprint density at radius 3 is 2.44 bits per heavy atom. The first-order chi connectivity index (χ1) is 8.88. The van der Waals surface area contributed by atoms with Crippen LogP contribution < -0.4 is 0 Å². The standard InChI is InChI=1S/C17H11N/c18-12-13-5-3-8-15(11-13)17-10-4-7-14-6-1-2-9-16(14)17/h1-11H. The highest BCUT2D eigenvalue weighted by Crippen LogP contribution is 2.28. The third kappa shape index (κ3) is 1.74. The number of nitriles is 1. The van der Waals surface area contributed by atoms with Crippen LogP contribution in [0.1, 0.15) is 5.56 Å². The van der Waals surface area contributed by atoms with Crippen molar-refractivity contribution < 1.29 is 0 Å². The minimum absolute atomic E-state index is 0.695. The van der Waals surface area contributed by atoms with Crippen LogP contribution >= 0.6 is 0 Å². The largest absolute Gasteiger partial charge is 0.192 e. The van der Waals surface area contributed by atoms with Gasteiger partial charge in [0.05, 0.1) is 11.6 Å². The van der Waals surface area contributed by atoms with Crippen molar-refractivity contribution in [3.05, 3.63) is 72.3 Å². The molecule has 0 radical (unpaired) electrons. The number of fused-ring (bicyclic) bond motifs is 1. The van der Waals surface area contributed by atoms with Gasteiger partial charge in [0.1, 0.15) is 0 Å². The Labute approximate surface area is 106 Å². The fourth-order valence-corrected chi connectivity index (χ4v) is 2.23. The second kappa shape index (κ2) is 4.35. The smallest absolute Gasteiger partial charge is 0.0991 e. The maximum absolute atomic E-state index is 8.97. The molecule has 0 amide bonds. The summed E-state index contributed by atoms with van der Waals surface area (Å²) in [5.41, 5.74) is 2.96. The van der Waals surface area contributed by atoms with Gasteiger partial charge in [0.15, 0.2) is 0 Å². The lowest BCUT2D eigenvalue weighted by Gasteiger charge is -2.06. The molecular formula is C17H11N. The van der Waals surface area contributed by atoms with Crippen molar-refractivity contribution in [1.29, 1.82) is 5.26 Å². The molecule has 84 valence electrons. The maximum atomic E-state index is 8.97. The van der Waals surface area contributed by atoms with E-state index in [-0.39, 0.29) is 0 Å². The quantitative estimate of drug-likeness (QED) is 0.607. The summed E-state index contributed by atoms with van der Waals surface area (Å²) in [6.07, 6.45) is 0. The monoisotopic (exact) mass is 229 g/mol. The van der Waals surface area contributed by atoms with E-state index in [1.54, 1.807) is 0 Å². The summed E-state index contributed by atoms with van der Waals surface area (Å²) in [7, 11) is 0. The van der Waals surface area contributed by atoms with E-state index >= 15 is 0 Å². The Balaban J connectivity index is 2.28. The summed E-state index contributed by atoms with van der Waals surface area (Å²) < 4.78 is 0. The summed E-state index contributed by atoms with van der Waals surface area (Å²) in [5, 5.41) is 11.4. The average Bonchev–Trinajstić information content (AvgIpc) is 2.47. The zero-order valence-electron chi connectivity index (χ0n) is 9.80. The summed E-state index contributed by atoms with van der Waals surface area (Å²) in [6.45, 7) is 0. The second-order valence-corrected chi connectivity index (χ2v) is 4.22. The molecule has 0 spiro atoms. The van der Waals surface area contributed by atoms with E-state index in [0.29, 0.717) is 5.56 Å². The number of nitrogens with zero attached hydrogens (tertiary/aromatic N) is 1. The van der Waals surface area contributed by atoms with E-state index in [1.807, 2.05) is 36.4 Å². The van der Waals surface area contributed by atoms with Crippen LogP contribution in [0.4, 0.5) is 0 Å². The summed E-state index contributed by atoms with van der Waals surface area (Å²) in [5.74, 6) is 0. The molecule has 3 aromatic rings. The van der Waals surface area contributed by atoms with Crippen molar-refractivity contribution in [2.75, 3.05) is 0 Å². The van der Waals surface area contributed by atoms with Gasteiger partial charge in [-0.2, -0.15) is 5.26 Å². The van der Waals surface area contributed by atoms with Crippen LogP contribution in [0.5, 0.6) is 0 Å². The first-order valence-electron chi connectivity index (χ1n) is 5.87. The number of hydrogen-bond donors (Lipinski definition) is 0. The fraction of sp³-hybridized carbons (Fsp3) is 0. The van der Waals surface area contributed by atoms with Crippen molar-refractivity contribution in [3.8, 4) is 17.2 Å². The molecule has 0 aliphatic heterocycles. The van der Waals surface area contributed by atoms with Gasteiger partial charge in [0, 0.05) is 0 Å². The first kappa shape index (κ1) is 10.6. The van der Waals surface area contributed by atoms with Crippen molar-refractivity contribution in [2.24, 2.45) is 0 Å². The molecule has 3 aromatic carbocycles. The third-order valence-electron chi connectivity index (χ3n) is 3.09. The van der Waals surface area contributed by atoms with Crippen LogP contribution in [0.2, 0.25) is 0 Å². The Kier molecular flexibility index (Phi) is 2.55. The SMILES string of the molecule is N#Cc1cccc(-c2cccc3ccccc23)c1. The summed E-state index contributed by atoms with van der Waals surface area (Å²) >= 11 is 0. The van der Waals surface area contributed by atoms with E-state index in [1.165, 1.54) is 16.3 Å². The lowest BCUT2D eigenvalue weighted by Crippen LogP contribution is -1.82. The highest BCUT2D eigenvalue weighted by atomic mass is 14.2. The van der Waals surface area contributed by atoms with E-state index in [0.717, 1.165) is 5.56 Å². The molecule has 0 fully saturated rings. The Morgan fingerprint density at radius 1 is 0.778 bits per heavy atom. The van der Waals surface area contributed by atoms with Crippen LogP contribution in [0.3, 0.4) is 0 Å². The first-order valence-corrected chi connectivity index (χ1v) is 5.87. The molecule has 1 nitrogen and oxygen atoms in total. The number of benzene rings is 3. The fourth-order valence-electron chi connectivity index (χ4n) is 2.23. The van der Waals surface area contributed by atoms with Crippen LogP contribution in [-0.2, 0) is 0 Å². The van der Waals surface area contributed by atoms with Gasteiger partial charge < -0.3 is 0 Å². The van der Waals surface area contributed by atoms with E-state index in [4.69, 9.17) is 5.26 Å². The lowest BCUT2D eigenvalue weighted by molar-refractivity contribution is 1.48. The molecule has 0 heterocycles. The van der Waals surface area contributed by atoms with Gasteiger partial charge in [-0.1, -0.05) is 54.6 Å². The van der Waals surface area contributed by atoms with Crippen LogP contribution in [0.15, 0.2) is 66.7 Å². The highest BCUT2D eigenvalue weighted by Gasteiger charge is 2.03. The molecule has 0 atom stereocenters. The zero-order chi connectivity index (χ0) is 12.4. The lowest BCUT2D eigenvalue weighted by atomic mass is 9.97. The predicted octanol–water partition coefficient (Wildman–Crippen LogP) is 4.38. The Bertz CT molecular complexity index is 745. The summed E-state index contributed by atoms with van der Waals surface area (Å²) in [6, 6.07) is 24.5. The Morgan fingerprint density at radius 2 is 1.56 bits per heavy atom. The van der Waals surface area contributed by atoms with E-state index in [9.17, 15) is 0 Å². The van der Waals surface area contributed by atoms with Gasteiger partial charge >= 0.3 is 0 Å². The Hall–Kier alpha value is -2.59. The minimum Gasteiger partial charge on any atom is -0.192 e. The highest BCUT2D eigenvalue weighted by molar-refractivity contribution is 5.96. The van der Waals surface area contributed by atoms with Gasteiger partial charge in [-0.05, 0) is 34.0 Å². The van der Waals surface area contributed by atoms with Crippen molar-refractivity contribution in [3.63, 3.8) is 0 Å². The van der Waals surface area contributed by atoms with Crippen LogP contribution in [-0.4, -0.2) is 0 Å². The van der Waals surface area contributed by atoms with Gasteiger partial charge in [-0.25, -0.2) is 0 Å². The molecule has 0 saturated carbocycles. The summed E-state index contributed by atoms with van der Waals surface area (Å²) in [4.78, 5) is 0. The number of rotatable bonds is 1. The predicted molar refractivity (Wildman–Crippen MR) is 74.1 cm³/mol. The maximum Gasteiger partial charge on any atom is 0.0991 e. The topological polar surface area (TPSA) is 23.8 Å². The van der Waals surface area contributed by atoms with Gasteiger partial charge in [0.2, 0.25) is 0 Å².